The Morgan fingerprint density at radius 1 is 1.50 bits per heavy atom. The minimum absolute atomic E-state index is 0.174. The van der Waals surface area contributed by atoms with Crippen molar-refractivity contribution in [3.63, 3.8) is 0 Å². The second kappa shape index (κ2) is 6.68. The van der Waals surface area contributed by atoms with E-state index < -0.39 is 12.2 Å². The predicted molar refractivity (Wildman–Crippen MR) is 68.3 cm³/mol. The van der Waals surface area contributed by atoms with Gasteiger partial charge in [-0.3, -0.25) is 4.79 Å². The van der Waals surface area contributed by atoms with E-state index in [1.165, 1.54) is 6.92 Å². The lowest BCUT2D eigenvalue weighted by molar-refractivity contribution is -0.119. The van der Waals surface area contributed by atoms with E-state index in [0.29, 0.717) is 12.1 Å². The number of halogens is 1. The molecule has 0 aromatic carbocycles. The van der Waals surface area contributed by atoms with Crippen LogP contribution in [-0.2, 0) is 4.79 Å². The summed E-state index contributed by atoms with van der Waals surface area (Å²) in [4.78, 5) is 14.7. The molecule has 0 aliphatic rings. The van der Waals surface area contributed by atoms with E-state index in [1.54, 1.807) is 19.1 Å². The van der Waals surface area contributed by atoms with Crippen molar-refractivity contribution in [3.8, 4) is 0 Å². The highest BCUT2D eigenvalue weighted by molar-refractivity contribution is 6.30. The first-order valence-electron chi connectivity index (χ1n) is 5.65. The van der Waals surface area contributed by atoms with E-state index in [4.69, 9.17) is 11.6 Å². The molecule has 1 aromatic heterocycles. The molecule has 0 aliphatic carbocycles. The quantitative estimate of drug-likeness (QED) is 0.698. The van der Waals surface area contributed by atoms with Crippen molar-refractivity contribution in [2.45, 2.75) is 32.5 Å². The monoisotopic (exact) mass is 272 g/mol. The Bertz CT molecular complexity index is 426. The molecule has 0 fully saturated rings. The van der Waals surface area contributed by atoms with Crippen LogP contribution in [0.1, 0.15) is 30.7 Å². The van der Waals surface area contributed by atoms with E-state index >= 15 is 0 Å². The largest absolute Gasteiger partial charge is 0.390 e. The van der Waals surface area contributed by atoms with Crippen molar-refractivity contribution in [2.24, 2.45) is 0 Å². The molecule has 2 unspecified atom stereocenters. The molecule has 5 nitrogen and oxygen atoms in total. The Labute approximate surface area is 111 Å². The van der Waals surface area contributed by atoms with Gasteiger partial charge in [0.05, 0.1) is 6.10 Å². The van der Waals surface area contributed by atoms with Gasteiger partial charge in [-0.1, -0.05) is 17.7 Å². The van der Waals surface area contributed by atoms with Gasteiger partial charge in [0.15, 0.2) is 0 Å². The smallest absolute Gasteiger partial charge is 0.216 e. The van der Waals surface area contributed by atoms with E-state index in [2.05, 4.69) is 10.3 Å². The third-order valence-corrected chi connectivity index (χ3v) is 2.82. The summed E-state index contributed by atoms with van der Waals surface area (Å²) in [5.41, 5.74) is 1.13. The van der Waals surface area contributed by atoms with Gasteiger partial charge in [-0.15, -0.1) is 0 Å². The molecule has 0 aliphatic heterocycles. The molecule has 100 valence electrons. The third kappa shape index (κ3) is 4.25. The third-order valence-electron chi connectivity index (χ3n) is 2.51. The molecule has 3 N–H and O–H groups in total. The Kier molecular flexibility index (Phi) is 5.53. The average Bonchev–Trinajstić information content (AvgIpc) is 2.27. The molecule has 2 atom stereocenters. The number of carbonyl (C=O) groups is 1. The highest BCUT2D eigenvalue weighted by atomic mass is 35.5. The first kappa shape index (κ1) is 14.9. The molecule has 18 heavy (non-hydrogen) atoms. The topological polar surface area (TPSA) is 82.5 Å². The number of nitrogens with zero attached hydrogens (tertiary/aromatic N) is 1. The second-order valence-electron chi connectivity index (χ2n) is 4.12. The zero-order chi connectivity index (χ0) is 13.7. The van der Waals surface area contributed by atoms with Crippen molar-refractivity contribution >= 4 is 17.5 Å². The summed E-state index contributed by atoms with van der Waals surface area (Å²) in [6, 6.07) is 3.35. The number of pyridine rings is 1. The van der Waals surface area contributed by atoms with E-state index in [0.717, 1.165) is 5.69 Å². The van der Waals surface area contributed by atoms with Crippen LogP contribution in [0.4, 0.5) is 0 Å². The zero-order valence-electron chi connectivity index (χ0n) is 10.4. The fourth-order valence-corrected chi connectivity index (χ4v) is 1.83. The van der Waals surface area contributed by atoms with Crippen LogP contribution in [-0.4, -0.2) is 33.8 Å². The number of carbonyl (C=O) groups excluding carboxylic acids is 1. The number of aryl methyl sites for hydroxylation is 1. The van der Waals surface area contributed by atoms with Crippen LogP contribution in [0.5, 0.6) is 0 Å². The number of nitrogens with one attached hydrogen (secondary N) is 1. The highest BCUT2D eigenvalue weighted by Crippen LogP contribution is 2.25. The van der Waals surface area contributed by atoms with Gasteiger partial charge in [-0.05, 0) is 19.4 Å². The number of aliphatic hydroxyl groups is 2. The molecule has 1 heterocycles. The zero-order valence-corrected chi connectivity index (χ0v) is 11.1. The molecule has 6 heteroatoms. The number of amides is 1. The maximum Gasteiger partial charge on any atom is 0.216 e. The van der Waals surface area contributed by atoms with E-state index in [9.17, 15) is 15.0 Å². The Morgan fingerprint density at radius 2 is 2.17 bits per heavy atom. The van der Waals surface area contributed by atoms with Crippen molar-refractivity contribution in [3.05, 3.63) is 28.5 Å². The summed E-state index contributed by atoms with van der Waals surface area (Å²) in [7, 11) is 0. The van der Waals surface area contributed by atoms with Gasteiger partial charge < -0.3 is 15.5 Å². The molecule has 1 aromatic rings. The number of hydrogen-bond donors (Lipinski definition) is 3. The lowest BCUT2D eigenvalue weighted by Crippen LogP contribution is -2.27. The fraction of sp³-hybridized carbons (Fsp3) is 0.500. The van der Waals surface area contributed by atoms with Crippen LogP contribution in [0.3, 0.4) is 0 Å². The minimum atomic E-state index is -1.11. The van der Waals surface area contributed by atoms with Crippen molar-refractivity contribution < 1.29 is 15.0 Å². The first-order chi connectivity index (χ1) is 8.41. The van der Waals surface area contributed by atoms with Gasteiger partial charge in [-0.2, -0.15) is 0 Å². The molecule has 0 spiro atoms. The second-order valence-corrected chi connectivity index (χ2v) is 4.47. The van der Waals surface area contributed by atoms with Crippen LogP contribution < -0.4 is 5.32 Å². The number of aromatic nitrogens is 1. The van der Waals surface area contributed by atoms with Gasteiger partial charge in [0.1, 0.15) is 11.3 Å². The molecule has 0 saturated carbocycles. The van der Waals surface area contributed by atoms with Gasteiger partial charge in [0, 0.05) is 24.7 Å². The number of hydrogen-bond acceptors (Lipinski definition) is 4. The Balaban J connectivity index is 2.62. The molecule has 1 rings (SSSR count). The first-order valence-corrected chi connectivity index (χ1v) is 6.03. The van der Waals surface area contributed by atoms with Crippen molar-refractivity contribution in [1.82, 2.24) is 10.3 Å². The van der Waals surface area contributed by atoms with Crippen molar-refractivity contribution in [2.75, 3.05) is 6.54 Å². The van der Waals surface area contributed by atoms with E-state index in [1.807, 2.05) is 0 Å². The Morgan fingerprint density at radius 3 is 2.72 bits per heavy atom. The van der Waals surface area contributed by atoms with Crippen LogP contribution in [0.25, 0.3) is 0 Å². The molecular weight excluding hydrogens is 256 g/mol. The summed E-state index contributed by atoms with van der Waals surface area (Å²) in [6.45, 7) is 3.48. The van der Waals surface area contributed by atoms with Crippen LogP contribution >= 0.6 is 11.6 Å². The van der Waals surface area contributed by atoms with Gasteiger partial charge in [0.25, 0.3) is 0 Å². The standard InChI is InChI=1S/C12H17ClN2O3/c1-7-3-4-9(12(13)15-7)11(18)10(17)5-6-14-8(2)16/h3-4,10-11,17-18H,5-6H2,1-2H3,(H,14,16). The summed E-state index contributed by atoms with van der Waals surface area (Å²) < 4.78 is 0. The van der Waals surface area contributed by atoms with Crippen LogP contribution in [0.15, 0.2) is 12.1 Å². The van der Waals surface area contributed by atoms with Gasteiger partial charge >= 0.3 is 0 Å². The van der Waals surface area contributed by atoms with Crippen molar-refractivity contribution in [1.29, 1.82) is 0 Å². The number of rotatable bonds is 5. The number of aliphatic hydroxyl groups excluding tert-OH is 2. The minimum Gasteiger partial charge on any atom is -0.390 e. The molecule has 0 radical (unpaired) electrons. The maximum atomic E-state index is 10.7. The van der Waals surface area contributed by atoms with Gasteiger partial charge in [0.2, 0.25) is 5.91 Å². The lowest BCUT2D eigenvalue weighted by atomic mass is 10.0. The Hall–Kier alpha value is -1.17. The van der Waals surface area contributed by atoms with E-state index in [-0.39, 0.29) is 17.5 Å². The average molecular weight is 273 g/mol. The lowest BCUT2D eigenvalue weighted by Gasteiger charge is -2.19. The normalized spacial score (nSPS) is 14.1. The SMILES string of the molecule is CC(=O)NCCC(O)C(O)c1ccc(C)nc1Cl. The summed E-state index contributed by atoms with van der Waals surface area (Å²) in [5, 5.41) is 22.5. The molecule has 0 bridgehead atoms. The predicted octanol–water partition coefficient (Wildman–Crippen LogP) is 0.964. The summed E-state index contributed by atoms with van der Waals surface area (Å²) in [5.74, 6) is -0.174. The molecule has 0 saturated heterocycles. The maximum absolute atomic E-state index is 10.7. The summed E-state index contributed by atoms with van der Waals surface area (Å²) in [6.07, 6.45) is -1.87. The highest BCUT2D eigenvalue weighted by Gasteiger charge is 2.21. The molecule has 1 amide bonds. The van der Waals surface area contributed by atoms with Gasteiger partial charge in [-0.25, -0.2) is 4.98 Å². The summed E-state index contributed by atoms with van der Waals surface area (Å²) >= 11 is 5.90. The fourth-order valence-electron chi connectivity index (χ4n) is 1.52. The van der Waals surface area contributed by atoms with Crippen LogP contribution in [0, 0.1) is 6.92 Å². The molecular formula is C12H17ClN2O3. The van der Waals surface area contributed by atoms with Crippen LogP contribution in [0.2, 0.25) is 5.15 Å².